The zero-order valence-corrected chi connectivity index (χ0v) is 20.1. The Hall–Kier alpha value is -3.27. The SMILES string of the molecule is CCC1CCC2(CC1)NC(=O)N(CC(=O)OCc1csc(N(C(C)=O)c3ccccc3)n1)C2=O. The third-order valence-electron chi connectivity index (χ3n) is 6.51. The Kier molecular flexibility index (Phi) is 6.97. The van der Waals surface area contributed by atoms with Crippen molar-refractivity contribution in [2.24, 2.45) is 5.92 Å². The van der Waals surface area contributed by atoms with Gasteiger partial charge >= 0.3 is 12.0 Å². The van der Waals surface area contributed by atoms with Crippen LogP contribution < -0.4 is 10.2 Å². The first-order valence-corrected chi connectivity index (χ1v) is 12.3. The summed E-state index contributed by atoms with van der Waals surface area (Å²) in [5, 5.41) is 4.98. The molecular weight excluding hydrogens is 456 g/mol. The Morgan fingerprint density at radius 1 is 1.24 bits per heavy atom. The van der Waals surface area contributed by atoms with Crippen LogP contribution in [-0.4, -0.2) is 45.8 Å². The second kappa shape index (κ2) is 9.92. The number of imide groups is 1. The van der Waals surface area contributed by atoms with Crippen molar-refractivity contribution in [2.75, 3.05) is 11.4 Å². The van der Waals surface area contributed by atoms with Gasteiger partial charge in [-0.15, -0.1) is 11.3 Å². The molecule has 0 atom stereocenters. The van der Waals surface area contributed by atoms with E-state index >= 15 is 0 Å². The molecule has 34 heavy (non-hydrogen) atoms. The van der Waals surface area contributed by atoms with Crippen molar-refractivity contribution in [1.29, 1.82) is 0 Å². The summed E-state index contributed by atoms with van der Waals surface area (Å²) in [6.07, 6.45) is 4.01. The number of para-hydroxylation sites is 1. The van der Waals surface area contributed by atoms with Crippen LogP contribution >= 0.6 is 11.3 Å². The Bertz CT molecular complexity index is 1080. The van der Waals surface area contributed by atoms with Crippen molar-refractivity contribution < 1.29 is 23.9 Å². The highest BCUT2D eigenvalue weighted by atomic mass is 32.1. The highest BCUT2D eigenvalue weighted by molar-refractivity contribution is 7.14. The number of thiazole rings is 1. The molecule has 0 radical (unpaired) electrons. The zero-order valence-electron chi connectivity index (χ0n) is 19.3. The quantitative estimate of drug-likeness (QED) is 0.473. The standard InChI is InChI=1S/C24H28N4O5S/c1-3-17-9-11-24(12-10-17)21(31)27(22(32)26-24)13-20(30)33-14-18-15-34-23(25-18)28(16(2)29)19-7-5-4-6-8-19/h4-8,15,17H,3,9-14H2,1-2H3,(H,26,32). The van der Waals surface area contributed by atoms with E-state index in [2.05, 4.69) is 17.2 Å². The van der Waals surface area contributed by atoms with Crippen molar-refractivity contribution in [3.8, 4) is 0 Å². The number of nitrogens with zero attached hydrogens (tertiary/aromatic N) is 3. The van der Waals surface area contributed by atoms with Crippen LogP contribution in [0.4, 0.5) is 15.6 Å². The Labute approximate surface area is 202 Å². The molecule has 1 aliphatic heterocycles. The molecule has 1 saturated heterocycles. The molecule has 1 aromatic heterocycles. The number of aromatic nitrogens is 1. The smallest absolute Gasteiger partial charge is 0.326 e. The van der Waals surface area contributed by atoms with Crippen LogP contribution in [0.2, 0.25) is 0 Å². The maximum Gasteiger partial charge on any atom is 0.326 e. The van der Waals surface area contributed by atoms with Crippen LogP contribution in [0.1, 0.15) is 51.6 Å². The van der Waals surface area contributed by atoms with Crippen molar-refractivity contribution in [3.63, 3.8) is 0 Å². The second-order valence-corrected chi connectivity index (χ2v) is 9.56. The second-order valence-electron chi connectivity index (χ2n) is 8.73. The van der Waals surface area contributed by atoms with E-state index in [0.29, 0.717) is 35.3 Å². The maximum atomic E-state index is 13.0. The average molecular weight is 485 g/mol. The third kappa shape index (κ3) is 4.82. The molecule has 2 aliphatic rings. The monoisotopic (exact) mass is 484 g/mol. The molecule has 9 nitrogen and oxygen atoms in total. The van der Waals surface area contributed by atoms with Gasteiger partial charge in [0.2, 0.25) is 5.91 Å². The van der Waals surface area contributed by atoms with Crippen molar-refractivity contribution in [2.45, 2.75) is 58.1 Å². The third-order valence-corrected chi connectivity index (χ3v) is 7.39. The first kappa shape index (κ1) is 23.9. The van der Waals surface area contributed by atoms with Gasteiger partial charge in [0.15, 0.2) is 5.13 Å². The van der Waals surface area contributed by atoms with Crippen molar-refractivity contribution in [3.05, 3.63) is 41.4 Å². The minimum atomic E-state index is -0.888. The minimum absolute atomic E-state index is 0.122. The summed E-state index contributed by atoms with van der Waals surface area (Å²) in [6.45, 7) is 3.02. The number of anilines is 2. The predicted octanol–water partition coefficient (Wildman–Crippen LogP) is 3.76. The zero-order chi connectivity index (χ0) is 24.3. The number of hydrogen-bond acceptors (Lipinski definition) is 7. The van der Waals surface area contributed by atoms with E-state index in [-0.39, 0.29) is 18.4 Å². The van der Waals surface area contributed by atoms with E-state index in [9.17, 15) is 19.2 Å². The topological polar surface area (TPSA) is 109 Å². The molecule has 2 fully saturated rings. The van der Waals surface area contributed by atoms with Gasteiger partial charge in [0.05, 0.1) is 11.4 Å². The predicted molar refractivity (Wildman–Crippen MR) is 126 cm³/mol. The lowest BCUT2D eigenvalue weighted by molar-refractivity contribution is -0.149. The molecular formula is C24H28N4O5S. The molecule has 2 aromatic rings. The van der Waals surface area contributed by atoms with E-state index in [1.807, 2.05) is 30.3 Å². The fraction of sp³-hybridized carbons (Fsp3) is 0.458. The highest BCUT2D eigenvalue weighted by Gasteiger charge is 2.52. The van der Waals surface area contributed by atoms with Crippen LogP contribution in [-0.2, 0) is 25.7 Å². The molecule has 1 spiro atoms. The highest BCUT2D eigenvalue weighted by Crippen LogP contribution is 2.37. The maximum absolute atomic E-state index is 13.0. The lowest BCUT2D eigenvalue weighted by atomic mass is 9.75. The normalized spacial score (nSPS) is 22.1. The van der Waals surface area contributed by atoms with Gasteiger partial charge in [0.1, 0.15) is 18.7 Å². The van der Waals surface area contributed by atoms with Crippen molar-refractivity contribution >= 4 is 46.0 Å². The summed E-state index contributed by atoms with van der Waals surface area (Å²) >= 11 is 1.26. The Morgan fingerprint density at radius 3 is 2.59 bits per heavy atom. The van der Waals surface area contributed by atoms with Gasteiger partial charge in [-0.05, 0) is 43.7 Å². The van der Waals surface area contributed by atoms with Gasteiger partial charge in [-0.3, -0.25) is 24.2 Å². The van der Waals surface area contributed by atoms with Crippen molar-refractivity contribution in [1.82, 2.24) is 15.2 Å². The fourth-order valence-electron chi connectivity index (χ4n) is 4.54. The van der Waals surface area contributed by atoms with Crippen LogP contribution in [0, 0.1) is 5.92 Å². The molecule has 0 bridgehead atoms. The average Bonchev–Trinajstić information content (AvgIpc) is 3.37. The summed E-state index contributed by atoms with van der Waals surface area (Å²) in [4.78, 5) is 56.8. The number of urea groups is 1. The summed E-state index contributed by atoms with van der Waals surface area (Å²) in [7, 11) is 0. The number of nitrogens with one attached hydrogen (secondary N) is 1. The minimum Gasteiger partial charge on any atom is -0.458 e. The molecule has 0 unspecified atom stereocenters. The molecule has 1 saturated carbocycles. The largest absolute Gasteiger partial charge is 0.458 e. The van der Waals surface area contributed by atoms with E-state index in [1.54, 1.807) is 5.38 Å². The summed E-state index contributed by atoms with van der Waals surface area (Å²) in [5.41, 5.74) is 0.274. The van der Waals surface area contributed by atoms with E-state index in [4.69, 9.17) is 4.74 Å². The molecule has 180 valence electrons. The van der Waals surface area contributed by atoms with E-state index < -0.39 is 24.1 Å². The lowest BCUT2D eigenvalue weighted by Crippen LogP contribution is -2.49. The van der Waals surface area contributed by atoms with E-state index in [0.717, 1.165) is 24.2 Å². The first-order valence-electron chi connectivity index (χ1n) is 11.4. The lowest BCUT2D eigenvalue weighted by Gasteiger charge is -2.34. The molecule has 10 heteroatoms. The summed E-state index contributed by atoms with van der Waals surface area (Å²) < 4.78 is 5.28. The van der Waals surface area contributed by atoms with Gasteiger partial charge in [-0.2, -0.15) is 0 Å². The Balaban J connectivity index is 1.34. The van der Waals surface area contributed by atoms with Gasteiger partial charge < -0.3 is 10.1 Å². The molecule has 1 aliphatic carbocycles. The van der Waals surface area contributed by atoms with Crippen LogP contribution in [0.5, 0.6) is 0 Å². The van der Waals surface area contributed by atoms with Crippen LogP contribution in [0.15, 0.2) is 35.7 Å². The number of rotatable bonds is 7. The fourth-order valence-corrected chi connectivity index (χ4v) is 5.41. The van der Waals surface area contributed by atoms with Gasteiger partial charge in [-0.1, -0.05) is 31.5 Å². The first-order chi connectivity index (χ1) is 16.3. The number of carbonyl (C=O) groups excluding carboxylic acids is 4. The number of benzene rings is 1. The molecule has 4 amide bonds. The Morgan fingerprint density at radius 2 is 1.94 bits per heavy atom. The summed E-state index contributed by atoms with van der Waals surface area (Å²) in [6, 6.07) is 8.59. The van der Waals surface area contributed by atoms with Gasteiger partial charge in [0, 0.05) is 12.3 Å². The van der Waals surface area contributed by atoms with Crippen LogP contribution in [0.25, 0.3) is 0 Å². The number of hydrogen-bond donors (Lipinski definition) is 1. The molecule has 2 heterocycles. The van der Waals surface area contributed by atoms with Crippen LogP contribution in [0.3, 0.4) is 0 Å². The molecule has 1 aromatic carbocycles. The number of ether oxygens (including phenoxy) is 1. The van der Waals surface area contributed by atoms with Gasteiger partial charge in [-0.25, -0.2) is 9.78 Å². The molecule has 1 N–H and O–H groups in total. The number of amides is 4. The molecule has 4 rings (SSSR count). The number of esters is 1. The number of carbonyl (C=O) groups is 4. The van der Waals surface area contributed by atoms with Gasteiger partial charge in [0.25, 0.3) is 5.91 Å². The van der Waals surface area contributed by atoms with E-state index in [1.165, 1.54) is 23.2 Å². The summed E-state index contributed by atoms with van der Waals surface area (Å²) in [5.74, 6) is -0.661.